The van der Waals surface area contributed by atoms with E-state index >= 15 is 0 Å². The Hall–Kier alpha value is -5.11. The second kappa shape index (κ2) is 11.6. The monoisotopic (exact) mass is 581 g/mol. The van der Waals surface area contributed by atoms with Crippen LogP contribution in [0, 0.1) is 0 Å². The third kappa shape index (κ3) is 6.38. The molecule has 5 aromatic rings. The zero-order valence-corrected chi connectivity index (χ0v) is 21.6. The highest BCUT2D eigenvalue weighted by molar-refractivity contribution is 6.30. The fourth-order valence-corrected chi connectivity index (χ4v) is 4.19. The van der Waals surface area contributed by atoms with Crippen molar-refractivity contribution in [2.75, 3.05) is 5.32 Å². The van der Waals surface area contributed by atoms with E-state index in [1.54, 1.807) is 48.5 Å². The highest BCUT2D eigenvalue weighted by Gasteiger charge is 2.37. The molecule has 5 rings (SSSR count). The van der Waals surface area contributed by atoms with Crippen molar-refractivity contribution in [1.82, 2.24) is 40.1 Å². The summed E-state index contributed by atoms with van der Waals surface area (Å²) in [4.78, 5) is 26.3. The largest absolute Gasteiger partial charge is 0.452 e. The van der Waals surface area contributed by atoms with E-state index in [1.165, 1.54) is 35.3 Å². The summed E-state index contributed by atoms with van der Waals surface area (Å²) in [6, 6.07) is 15.5. The Morgan fingerprint density at radius 1 is 1.05 bits per heavy atom. The van der Waals surface area contributed by atoms with Crippen molar-refractivity contribution in [3.8, 4) is 5.69 Å². The van der Waals surface area contributed by atoms with Crippen molar-refractivity contribution in [3.63, 3.8) is 0 Å². The summed E-state index contributed by atoms with van der Waals surface area (Å²) in [5.41, 5.74) is 1.62. The third-order valence-electron chi connectivity index (χ3n) is 5.86. The van der Waals surface area contributed by atoms with Crippen molar-refractivity contribution in [2.45, 2.75) is 18.6 Å². The number of hydrogen-bond donors (Lipinski definition) is 2. The van der Waals surface area contributed by atoms with Gasteiger partial charge in [-0.05, 0) is 52.4 Å². The molecule has 208 valence electrons. The Bertz CT molecular complexity index is 1720. The summed E-state index contributed by atoms with van der Waals surface area (Å²) >= 11 is 6.13. The highest BCUT2D eigenvalue weighted by Crippen LogP contribution is 2.29. The van der Waals surface area contributed by atoms with Crippen LogP contribution in [0.15, 0.2) is 79.3 Å². The summed E-state index contributed by atoms with van der Waals surface area (Å²) in [6.07, 6.45) is 0.592. The first-order chi connectivity index (χ1) is 19.7. The summed E-state index contributed by atoms with van der Waals surface area (Å²) in [7, 11) is 0. The summed E-state index contributed by atoms with van der Waals surface area (Å²) in [6.45, 7) is 0. The molecule has 41 heavy (non-hydrogen) atoms. The van der Waals surface area contributed by atoms with Crippen LogP contribution in [0.5, 0.6) is 0 Å². The van der Waals surface area contributed by atoms with E-state index in [2.05, 4.69) is 36.4 Å². The molecular formula is C26H19ClF3N9O2. The van der Waals surface area contributed by atoms with Crippen molar-refractivity contribution >= 4 is 40.8 Å². The number of amides is 2. The van der Waals surface area contributed by atoms with Crippen LogP contribution in [0.1, 0.15) is 17.0 Å². The fraction of sp³-hybridized carbons (Fsp3) is 0.115. The van der Waals surface area contributed by atoms with Crippen molar-refractivity contribution in [3.05, 3.63) is 101 Å². The minimum absolute atomic E-state index is 0.00614. The number of halogens is 4. The van der Waals surface area contributed by atoms with Crippen molar-refractivity contribution in [1.29, 1.82) is 0 Å². The van der Waals surface area contributed by atoms with E-state index in [0.29, 0.717) is 16.3 Å². The second-order valence-electron chi connectivity index (χ2n) is 8.67. The predicted molar refractivity (Wildman–Crippen MR) is 142 cm³/mol. The molecule has 3 heterocycles. The predicted octanol–water partition coefficient (Wildman–Crippen LogP) is 3.76. The van der Waals surface area contributed by atoms with Gasteiger partial charge in [-0.15, -0.1) is 15.3 Å². The van der Waals surface area contributed by atoms with Gasteiger partial charge in [0.2, 0.25) is 17.6 Å². The molecule has 0 saturated heterocycles. The van der Waals surface area contributed by atoms with Crippen LogP contribution in [-0.4, -0.2) is 52.7 Å². The number of rotatable bonds is 8. The molecule has 2 amide bonds. The van der Waals surface area contributed by atoms with Gasteiger partial charge in [-0.2, -0.15) is 17.9 Å². The van der Waals surface area contributed by atoms with Crippen molar-refractivity contribution < 1.29 is 22.8 Å². The molecule has 0 bridgehead atoms. The zero-order valence-electron chi connectivity index (χ0n) is 20.8. The lowest BCUT2D eigenvalue weighted by molar-refractivity contribution is -0.145. The number of nitrogens with one attached hydrogen (secondary N) is 2. The van der Waals surface area contributed by atoms with E-state index in [-0.39, 0.29) is 17.8 Å². The Labute approximate surface area is 234 Å². The van der Waals surface area contributed by atoms with Crippen LogP contribution in [0.4, 0.5) is 18.9 Å². The molecule has 0 saturated carbocycles. The number of benzene rings is 2. The topological polar surface area (TPSA) is 132 Å². The van der Waals surface area contributed by atoms with Gasteiger partial charge in [0.1, 0.15) is 12.4 Å². The molecule has 1 atom stereocenters. The zero-order chi connectivity index (χ0) is 29.0. The standard InChI is InChI=1S/C26H19ClF3N9O2/c27-18-9-10-21(39-15-31-36-37-39)17(14-18)8-11-22(40)32-20(13-16-5-2-1-3-6-16)24(41)33-19-7-4-12-38-23(19)34-35-25(38)26(28,29)30/h1-12,14-15,20H,13H2,(H,32,40)(H,33,41)/b11-8+/t20-/m0/s1. The molecule has 0 aliphatic heterocycles. The number of alkyl halides is 3. The fourth-order valence-electron chi connectivity index (χ4n) is 4.01. The lowest BCUT2D eigenvalue weighted by atomic mass is 10.0. The number of pyridine rings is 1. The Balaban J connectivity index is 1.39. The van der Waals surface area contributed by atoms with E-state index < -0.39 is 29.9 Å². The van der Waals surface area contributed by atoms with Crippen LogP contribution < -0.4 is 10.6 Å². The lowest BCUT2D eigenvalue weighted by Crippen LogP contribution is -2.44. The van der Waals surface area contributed by atoms with Gasteiger partial charge in [0.15, 0.2) is 5.65 Å². The molecule has 0 unspecified atom stereocenters. The molecule has 2 N–H and O–H groups in total. The molecule has 0 fully saturated rings. The normalized spacial score (nSPS) is 12.5. The lowest BCUT2D eigenvalue weighted by Gasteiger charge is -2.18. The molecule has 3 aromatic heterocycles. The number of tetrazole rings is 1. The molecule has 11 nitrogen and oxygen atoms in total. The quantitative estimate of drug-likeness (QED) is 0.267. The smallest absolute Gasteiger partial charge is 0.340 e. The Kier molecular flexibility index (Phi) is 7.74. The van der Waals surface area contributed by atoms with Crippen LogP contribution in [0.3, 0.4) is 0 Å². The van der Waals surface area contributed by atoms with E-state index in [1.807, 2.05) is 0 Å². The van der Waals surface area contributed by atoms with Gasteiger partial charge in [0.05, 0.1) is 11.4 Å². The van der Waals surface area contributed by atoms with Crippen LogP contribution in [0.2, 0.25) is 5.02 Å². The van der Waals surface area contributed by atoms with Gasteiger partial charge in [-0.1, -0.05) is 41.9 Å². The van der Waals surface area contributed by atoms with Gasteiger partial charge in [0, 0.05) is 29.3 Å². The van der Waals surface area contributed by atoms with E-state index in [4.69, 9.17) is 11.6 Å². The maximum atomic E-state index is 13.4. The number of hydrogen-bond acceptors (Lipinski definition) is 7. The van der Waals surface area contributed by atoms with E-state index in [9.17, 15) is 22.8 Å². The maximum Gasteiger partial charge on any atom is 0.452 e. The number of carbonyl (C=O) groups is 2. The minimum Gasteiger partial charge on any atom is -0.340 e. The molecule has 15 heteroatoms. The van der Waals surface area contributed by atoms with Crippen molar-refractivity contribution in [2.24, 2.45) is 0 Å². The number of anilines is 1. The number of nitrogens with zero attached hydrogens (tertiary/aromatic N) is 7. The van der Waals surface area contributed by atoms with Gasteiger partial charge >= 0.3 is 6.18 Å². The summed E-state index contributed by atoms with van der Waals surface area (Å²) in [5, 5.41) is 23.5. The van der Waals surface area contributed by atoms with Gasteiger partial charge in [-0.25, -0.2) is 0 Å². The van der Waals surface area contributed by atoms with Crippen LogP contribution >= 0.6 is 11.6 Å². The first kappa shape index (κ1) is 27.5. The van der Waals surface area contributed by atoms with Crippen LogP contribution in [-0.2, 0) is 22.2 Å². The maximum absolute atomic E-state index is 13.4. The second-order valence-corrected chi connectivity index (χ2v) is 9.10. The van der Waals surface area contributed by atoms with Gasteiger partial charge in [0.25, 0.3) is 0 Å². The van der Waals surface area contributed by atoms with Gasteiger partial charge in [-0.3, -0.25) is 14.0 Å². The molecule has 0 aliphatic rings. The molecule has 0 spiro atoms. The Morgan fingerprint density at radius 2 is 1.85 bits per heavy atom. The minimum atomic E-state index is -4.74. The first-order valence-electron chi connectivity index (χ1n) is 12.0. The average molecular weight is 582 g/mol. The summed E-state index contributed by atoms with van der Waals surface area (Å²) in [5.74, 6) is -2.51. The SMILES string of the molecule is O=C(/C=C/c1cc(Cl)ccc1-n1cnnn1)N[C@@H](Cc1ccccc1)C(=O)Nc1cccn2c(C(F)(F)F)nnc12. The highest BCUT2D eigenvalue weighted by atomic mass is 35.5. The van der Waals surface area contributed by atoms with Gasteiger partial charge < -0.3 is 10.6 Å². The third-order valence-corrected chi connectivity index (χ3v) is 6.10. The number of aromatic nitrogens is 7. The number of fused-ring (bicyclic) bond motifs is 1. The van der Waals surface area contributed by atoms with Crippen LogP contribution in [0.25, 0.3) is 17.4 Å². The molecule has 2 aromatic carbocycles. The molecule has 0 radical (unpaired) electrons. The molecular weight excluding hydrogens is 563 g/mol. The average Bonchev–Trinajstić information content (AvgIpc) is 3.63. The first-order valence-corrected chi connectivity index (χ1v) is 12.3. The van der Waals surface area contributed by atoms with E-state index in [0.717, 1.165) is 16.2 Å². The number of carbonyl (C=O) groups excluding carboxylic acids is 2. The Morgan fingerprint density at radius 3 is 2.59 bits per heavy atom. The summed E-state index contributed by atoms with van der Waals surface area (Å²) < 4.78 is 42.0. The molecule has 0 aliphatic carbocycles.